The van der Waals surface area contributed by atoms with Gasteiger partial charge in [0.15, 0.2) is 5.69 Å². The molecule has 21 heavy (non-hydrogen) atoms. The first-order chi connectivity index (χ1) is 10.0. The van der Waals surface area contributed by atoms with E-state index in [1.807, 2.05) is 11.8 Å². The van der Waals surface area contributed by atoms with Gasteiger partial charge in [0, 0.05) is 46.0 Å². The minimum atomic E-state index is -0.147. The van der Waals surface area contributed by atoms with Crippen molar-refractivity contribution in [1.82, 2.24) is 24.9 Å². The predicted molar refractivity (Wildman–Crippen MR) is 78.6 cm³/mol. The zero-order chi connectivity index (χ0) is 15.4. The van der Waals surface area contributed by atoms with Gasteiger partial charge in [0.2, 0.25) is 5.91 Å². The van der Waals surface area contributed by atoms with Gasteiger partial charge in [-0.15, -0.1) is 0 Å². The summed E-state index contributed by atoms with van der Waals surface area (Å²) in [6, 6.07) is 0. The van der Waals surface area contributed by atoms with Gasteiger partial charge in [-0.1, -0.05) is 0 Å². The molecule has 0 atom stereocenters. The van der Waals surface area contributed by atoms with E-state index < -0.39 is 0 Å². The Hall–Kier alpha value is -2.09. The number of nitrogen functional groups attached to an aromatic ring is 1. The van der Waals surface area contributed by atoms with Crippen LogP contribution < -0.4 is 11.1 Å². The number of nitrogens with two attached hydrogens (primary N) is 1. The third kappa shape index (κ3) is 3.72. The van der Waals surface area contributed by atoms with E-state index in [0.29, 0.717) is 50.6 Å². The molecule has 1 saturated heterocycles. The Labute approximate surface area is 123 Å². The molecule has 2 heterocycles. The summed E-state index contributed by atoms with van der Waals surface area (Å²) in [4.78, 5) is 27.6. The topological polar surface area (TPSA) is 96.5 Å². The van der Waals surface area contributed by atoms with E-state index in [-0.39, 0.29) is 11.8 Å². The first kappa shape index (κ1) is 15.3. The van der Waals surface area contributed by atoms with Gasteiger partial charge < -0.3 is 16.0 Å². The van der Waals surface area contributed by atoms with Crippen molar-refractivity contribution in [2.45, 2.75) is 6.92 Å². The molecule has 0 bridgehead atoms. The van der Waals surface area contributed by atoms with Crippen molar-refractivity contribution < 1.29 is 9.59 Å². The third-order valence-corrected chi connectivity index (χ3v) is 3.46. The second-order valence-electron chi connectivity index (χ2n) is 5.13. The fraction of sp³-hybridized carbons (Fsp3) is 0.615. The number of aryl methyl sites for hydroxylation is 1. The Morgan fingerprint density at radius 3 is 2.52 bits per heavy atom. The average molecular weight is 294 g/mol. The minimum Gasteiger partial charge on any atom is -0.396 e. The summed E-state index contributed by atoms with van der Waals surface area (Å²) in [6.45, 7) is 5.41. The van der Waals surface area contributed by atoms with Gasteiger partial charge in [0.1, 0.15) is 0 Å². The summed E-state index contributed by atoms with van der Waals surface area (Å²) < 4.78 is 1.54. The predicted octanol–water partition coefficient (Wildman–Crippen LogP) is -1.10. The lowest BCUT2D eigenvalue weighted by atomic mass is 10.2. The molecule has 1 aromatic rings. The van der Waals surface area contributed by atoms with Crippen LogP contribution in [0.25, 0.3) is 0 Å². The van der Waals surface area contributed by atoms with Crippen molar-refractivity contribution in [3.63, 3.8) is 0 Å². The lowest BCUT2D eigenvalue weighted by molar-refractivity contribution is -0.122. The SMILES string of the molecule is CCNC(=O)CN1CCN(C(=O)c2nn(C)cc2N)CC1. The van der Waals surface area contributed by atoms with Crippen LogP contribution in [-0.2, 0) is 11.8 Å². The van der Waals surface area contributed by atoms with Crippen molar-refractivity contribution in [2.75, 3.05) is 45.0 Å². The molecule has 1 aliphatic rings. The summed E-state index contributed by atoms with van der Waals surface area (Å²) in [7, 11) is 1.73. The van der Waals surface area contributed by atoms with E-state index >= 15 is 0 Å². The van der Waals surface area contributed by atoms with Crippen molar-refractivity contribution in [1.29, 1.82) is 0 Å². The van der Waals surface area contributed by atoms with Crippen LogP contribution in [0.3, 0.4) is 0 Å². The first-order valence-corrected chi connectivity index (χ1v) is 7.08. The van der Waals surface area contributed by atoms with E-state index in [0.717, 1.165) is 0 Å². The molecule has 8 nitrogen and oxygen atoms in total. The minimum absolute atomic E-state index is 0.0197. The summed E-state index contributed by atoms with van der Waals surface area (Å²) in [5.41, 5.74) is 6.48. The molecule has 116 valence electrons. The van der Waals surface area contributed by atoms with E-state index in [1.165, 1.54) is 4.68 Å². The van der Waals surface area contributed by atoms with E-state index in [2.05, 4.69) is 10.4 Å². The van der Waals surface area contributed by atoms with Crippen LogP contribution in [0.1, 0.15) is 17.4 Å². The fourth-order valence-corrected chi connectivity index (χ4v) is 2.39. The molecule has 0 aliphatic carbocycles. The van der Waals surface area contributed by atoms with Crippen LogP contribution in [0, 0.1) is 0 Å². The van der Waals surface area contributed by atoms with E-state index in [9.17, 15) is 9.59 Å². The highest BCUT2D eigenvalue weighted by molar-refractivity contribution is 5.97. The Bertz CT molecular complexity index is 519. The maximum atomic E-state index is 12.3. The molecule has 3 N–H and O–H groups in total. The van der Waals surface area contributed by atoms with E-state index in [4.69, 9.17) is 5.73 Å². The van der Waals surface area contributed by atoms with Crippen molar-refractivity contribution in [2.24, 2.45) is 7.05 Å². The Balaban J connectivity index is 1.87. The number of anilines is 1. The highest BCUT2D eigenvalue weighted by atomic mass is 16.2. The zero-order valence-electron chi connectivity index (χ0n) is 12.5. The molecule has 0 spiro atoms. The molecular weight excluding hydrogens is 272 g/mol. The molecule has 2 amide bonds. The van der Waals surface area contributed by atoms with Crippen LogP contribution in [0.15, 0.2) is 6.20 Å². The highest BCUT2D eigenvalue weighted by Crippen LogP contribution is 2.13. The van der Waals surface area contributed by atoms with Crippen molar-refractivity contribution in [3.8, 4) is 0 Å². The van der Waals surface area contributed by atoms with Gasteiger partial charge in [-0.05, 0) is 6.92 Å². The quantitative estimate of drug-likeness (QED) is 0.734. The molecule has 8 heteroatoms. The van der Waals surface area contributed by atoms with Gasteiger partial charge in [-0.2, -0.15) is 5.10 Å². The molecule has 0 aromatic carbocycles. The number of rotatable bonds is 4. The zero-order valence-corrected chi connectivity index (χ0v) is 12.5. The summed E-state index contributed by atoms with van der Waals surface area (Å²) in [5, 5.41) is 6.87. The maximum absolute atomic E-state index is 12.3. The Morgan fingerprint density at radius 1 is 1.33 bits per heavy atom. The number of carbonyl (C=O) groups excluding carboxylic acids is 2. The third-order valence-electron chi connectivity index (χ3n) is 3.46. The molecule has 2 rings (SSSR count). The average Bonchev–Trinajstić information content (AvgIpc) is 2.78. The molecule has 0 radical (unpaired) electrons. The van der Waals surface area contributed by atoms with Gasteiger partial charge in [0.05, 0.1) is 12.2 Å². The Kier molecular flexibility index (Phi) is 4.79. The largest absolute Gasteiger partial charge is 0.396 e. The summed E-state index contributed by atoms with van der Waals surface area (Å²) in [5.74, 6) is -0.128. The van der Waals surface area contributed by atoms with Crippen LogP contribution in [-0.4, -0.2) is 70.7 Å². The first-order valence-electron chi connectivity index (χ1n) is 7.08. The molecule has 1 aromatic heterocycles. The number of carbonyl (C=O) groups is 2. The number of hydrogen-bond donors (Lipinski definition) is 2. The van der Waals surface area contributed by atoms with Crippen LogP contribution in [0.5, 0.6) is 0 Å². The fourth-order valence-electron chi connectivity index (χ4n) is 2.39. The number of likely N-dealkylation sites (N-methyl/N-ethyl adjacent to an activating group) is 1. The van der Waals surface area contributed by atoms with Crippen LogP contribution in [0.2, 0.25) is 0 Å². The lowest BCUT2D eigenvalue weighted by Gasteiger charge is -2.34. The molecular formula is C13H22N6O2. The number of piperazine rings is 1. The number of amides is 2. The van der Waals surface area contributed by atoms with Crippen LogP contribution >= 0.6 is 0 Å². The molecule has 0 saturated carbocycles. The van der Waals surface area contributed by atoms with E-state index in [1.54, 1.807) is 18.1 Å². The number of nitrogens with zero attached hydrogens (tertiary/aromatic N) is 4. The monoisotopic (exact) mass is 294 g/mol. The van der Waals surface area contributed by atoms with Crippen molar-refractivity contribution in [3.05, 3.63) is 11.9 Å². The van der Waals surface area contributed by atoms with Crippen LogP contribution in [0.4, 0.5) is 5.69 Å². The second-order valence-corrected chi connectivity index (χ2v) is 5.13. The summed E-state index contributed by atoms with van der Waals surface area (Å²) >= 11 is 0. The molecule has 1 fully saturated rings. The maximum Gasteiger partial charge on any atom is 0.276 e. The number of hydrogen-bond acceptors (Lipinski definition) is 5. The standard InChI is InChI=1S/C13H22N6O2/c1-3-15-11(20)9-18-4-6-19(7-5-18)13(21)12-10(14)8-17(2)16-12/h8H,3-7,9,14H2,1-2H3,(H,15,20). The molecule has 0 unspecified atom stereocenters. The lowest BCUT2D eigenvalue weighted by Crippen LogP contribution is -2.51. The second kappa shape index (κ2) is 6.57. The molecule has 1 aliphatic heterocycles. The summed E-state index contributed by atoms with van der Waals surface area (Å²) in [6.07, 6.45) is 1.62. The number of nitrogens with one attached hydrogen (secondary N) is 1. The number of aromatic nitrogens is 2. The van der Waals surface area contributed by atoms with Gasteiger partial charge in [0.25, 0.3) is 5.91 Å². The Morgan fingerprint density at radius 2 is 2.00 bits per heavy atom. The normalized spacial score (nSPS) is 16.0. The van der Waals surface area contributed by atoms with Gasteiger partial charge >= 0.3 is 0 Å². The van der Waals surface area contributed by atoms with Gasteiger partial charge in [-0.25, -0.2) is 0 Å². The smallest absolute Gasteiger partial charge is 0.276 e. The van der Waals surface area contributed by atoms with Gasteiger partial charge in [-0.3, -0.25) is 19.2 Å². The highest BCUT2D eigenvalue weighted by Gasteiger charge is 2.25. The van der Waals surface area contributed by atoms with Crippen molar-refractivity contribution >= 4 is 17.5 Å².